The second kappa shape index (κ2) is 14.6. The molecule has 0 saturated carbocycles. The predicted octanol–water partition coefficient (Wildman–Crippen LogP) is 14.6. The third-order valence-electron chi connectivity index (χ3n) is 11.6. The van der Waals surface area contributed by atoms with E-state index < -0.39 is 0 Å². The first-order valence-electron chi connectivity index (χ1n) is 20.7. The first-order chi connectivity index (χ1) is 30.7. The number of benzene rings is 8. The van der Waals surface area contributed by atoms with Crippen molar-refractivity contribution in [2.24, 2.45) is 0 Å². The molecule has 0 atom stereocenters. The molecule has 7 heteroatoms. The molecule has 4 aromatic heterocycles. The fraction of sp³-hybridized carbons (Fsp3) is 0. The van der Waals surface area contributed by atoms with Crippen LogP contribution in [0.5, 0.6) is 0 Å². The Morgan fingerprint density at radius 1 is 0.403 bits per heavy atom. The Hall–Kier alpha value is -8.55. The number of imidazole rings is 1. The zero-order valence-electron chi connectivity index (χ0n) is 33.4. The van der Waals surface area contributed by atoms with Gasteiger partial charge in [0.15, 0.2) is 0 Å². The molecule has 0 amide bonds. The predicted molar refractivity (Wildman–Crippen MR) is 254 cm³/mol. The van der Waals surface area contributed by atoms with Crippen LogP contribution in [0, 0.1) is 0 Å². The number of nitrogens with zero attached hydrogens (tertiary/aromatic N) is 6. The van der Waals surface area contributed by atoms with Gasteiger partial charge in [-0.1, -0.05) is 103 Å². The van der Waals surface area contributed by atoms with Crippen LogP contribution in [0.2, 0.25) is 0 Å². The summed E-state index contributed by atoms with van der Waals surface area (Å²) in [4.78, 5) is 19.3. The van der Waals surface area contributed by atoms with Gasteiger partial charge in [0, 0.05) is 57.2 Å². The number of hydrogen-bond donors (Lipinski definition) is 0. The highest BCUT2D eigenvalue weighted by Crippen LogP contribution is 2.42. The average Bonchev–Trinajstić information content (AvgIpc) is 3.91. The zero-order chi connectivity index (χ0) is 41.0. The van der Waals surface area contributed by atoms with Gasteiger partial charge in [-0.25, -0.2) is 15.0 Å². The lowest BCUT2D eigenvalue weighted by molar-refractivity contribution is 0.669. The van der Waals surface area contributed by atoms with E-state index in [0.29, 0.717) is 0 Å². The minimum Gasteiger partial charge on any atom is -0.456 e. The van der Waals surface area contributed by atoms with Crippen LogP contribution in [-0.2, 0) is 0 Å². The summed E-state index contributed by atoms with van der Waals surface area (Å²) in [6.45, 7) is 0. The number of rotatable bonds is 8. The van der Waals surface area contributed by atoms with E-state index in [4.69, 9.17) is 19.4 Å². The summed E-state index contributed by atoms with van der Waals surface area (Å²) in [6, 6.07) is 71.7. The summed E-state index contributed by atoms with van der Waals surface area (Å²) in [5.41, 5.74) is 9.76. The van der Waals surface area contributed by atoms with E-state index >= 15 is 0 Å². The van der Waals surface area contributed by atoms with E-state index in [1.807, 2.05) is 67.0 Å². The van der Waals surface area contributed by atoms with Crippen molar-refractivity contribution < 1.29 is 4.42 Å². The van der Waals surface area contributed by atoms with Gasteiger partial charge in [0.2, 0.25) is 0 Å². The fourth-order valence-corrected chi connectivity index (χ4v) is 8.80. The summed E-state index contributed by atoms with van der Waals surface area (Å²) in [5.74, 6) is 2.55. The molecule has 0 spiro atoms. The van der Waals surface area contributed by atoms with Crippen LogP contribution in [0.25, 0.3) is 71.6 Å². The maximum absolute atomic E-state index is 6.18. The van der Waals surface area contributed by atoms with E-state index in [9.17, 15) is 0 Å². The van der Waals surface area contributed by atoms with E-state index in [2.05, 4.69) is 166 Å². The highest BCUT2D eigenvalue weighted by atomic mass is 16.3. The van der Waals surface area contributed by atoms with Crippen molar-refractivity contribution in [3.05, 3.63) is 219 Å². The van der Waals surface area contributed by atoms with E-state index in [1.165, 1.54) is 10.8 Å². The van der Waals surface area contributed by atoms with Gasteiger partial charge in [-0.2, -0.15) is 0 Å². The van der Waals surface area contributed by atoms with Gasteiger partial charge in [-0.05, 0) is 125 Å². The lowest BCUT2D eigenvalue weighted by Gasteiger charge is -2.25. The summed E-state index contributed by atoms with van der Waals surface area (Å²) < 4.78 is 8.43. The molecule has 0 aliphatic rings. The van der Waals surface area contributed by atoms with Crippen LogP contribution < -0.4 is 9.80 Å². The quantitative estimate of drug-likeness (QED) is 0.143. The molecule has 12 rings (SSSR count). The minimum atomic E-state index is 0.821. The lowest BCUT2D eigenvalue weighted by atomic mass is 10.00. The molecule has 7 nitrogen and oxygen atoms in total. The molecule has 0 unspecified atom stereocenters. The Bertz CT molecular complexity index is 3590. The maximum Gasteiger partial charge on any atom is 0.145 e. The van der Waals surface area contributed by atoms with E-state index in [-0.39, 0.29) is 0 Å². The number of hydrogen-bond acceptors (Lipinski definition) is 6. The molecular formula is C55H36N6O. The summed E-state index contributed by atoms with van der Waals surface area (Å²) in [5, 5.41) is 6.76. The summed E-state index contributed by atoms with van der Waals surface area (Å²) in [7, 11) is 0. The van der Waals surface area contributed by atoms with Gasteiger partial charge >= 0.3 is 0 Å². The van der Waals surface area contributed by atoms with Gasteiger partial charge in [-0.15, -0.1) is 0 Å². The third-order valence-corrected chi connectivity index (χ3v) is 11.6. The van der Waals surface area contributed by atoms with E-state index in [0.717, 1.165) is 95.2 Å². The minimum absolute atomic E-state index is 0.821. The lowest BCUT2D eigenvalue weighted by Crippen LogP contribution is -2.11. The smallest absolute Gasteiger partial charge is 0.145 e. The van der Waals surface area contributed by atoms with Gasteiger partial charge in [0.05, 0.1) is 11.0 Å². The van der Waals surface area contributed by atoms with Crippen molar-refractivity contribution in [3.63, 3.8) is 0 Å². The molecule has 0 aliphatic heterocycles. The molecule has 0 saturated heterocycles. The second-order valence-electron chi connectivity index (χ2n) is 15.3. The summed E-state index contributed by atoms with van der Waals surface area (Å²) in [6.07, 6.45) is 3.69. The van der Waals surface area contributed by atoms with Crippen molar-refractivity contribution >= 4 is 88.9 Å². The molecule has 62 heavy (non-hydrogen) atoms. The first kappa shape index (κ1) is 35.4. The fourth-order valence-electron chi connectivity index (χ4n) is 8.80. The highest BCUT2D eigenvalue weighted by Gasteiger charge is 2.21. The molecule has 12 aromatic rings. The van der Waals surface area contributed by atoms with Crippen LogP contribution in [0.15, 0.2) is 223 Å². The van der Waals surface area contributed by atoms with Gasteiger partial charge < -0.3 is 4.42 Å². The van der Waals surface area contributed by atoms with Crippen molar-refractivity contribution in [3.8, 4) is 17.1 Å². The highest BCUT2D eigenvalue weighted by molar-refractivity contribution is 6.10. The number of anilines is 6. The van der Waals surface area contributed by atoms with Crippen molar-refractivity contribution in [1.82, 2.24) is 19.5 Å². The van der Waals surface area contributed by atoms with Crippen LogP contribution in [-0.4, -0.2) is 19.5 Å². The topological polar surface area (TPSA) is 63.2 Å². The number of aromatic nitrogens is 4. The Labute approximate surface area is 357 Å². The molecule has 0 radical (unpaired) electrons. The van der Waals surface area contributed by atoms with Crippen molar-refractivity contribution in [2.45, 2.75) is 0 Å². The molecule has 0 fully saturated rings. The van der Waals surface area contributed by atoms with Crippen molar-refractivity contribution in [1.29, 1.82) is 0 Å². The van der Waals surface area contributed by atoms with Crippen LogP contribution in [0.3, 0.4) is 0 Å². The van der Waals surface area contributed by atoms with E-state index in [1.54, 1.807) is 0 Å². The third kappa shape index (κ3) is 6.02. The molecular weight excluding hydrogens is 761 g/mol. The number of fused-ring (bicyclic) bond motifs is 7. The number of pyridine rings is 2. The standard InChI is InChI=1S/C55H36N6O/c1-3-13-37(14-4-1)55-58-49-29-25-44(36-50(49)61(55)40-15-5-2-6-16-40)60(54-20-10-12-32-57-54)42-24-28-46-39(34-42)22-21-38-33-41(23-27-45(38)46)59(53-19-9-11-31-56-53)43-26-30-52-48(35-43)47-17-7-8-18-51(47)62-52/h1-36H. The summed E-state index contributed by atoms with van der Waals surface area (Å²) >= 11 is 0. The van der Waals surface area contributed by atoms with Crippen LogP contribution in [0.4, 0.5) is 34.4 Å². The SMILES string of the molecule is c1ccc(-c2nc3ccc(N(c4ccc5c(ccc6cc(N(c7ccc8oc9ccccc9c8c7)c7ccccn7)ccc65)c4)c4ccccn4)cc3n2-c2ccccc2)cc1. The Balaban J connectivity index is 0.968. The van der Waals surface area contributed by atoms with Crippen molar-refractivity contribution in [2.75, 3.05) is 9.80 Å². The van der Waals surface area contributed by atoms with Gasteiger partial charge in [0.25, 0.3) is 0 Å². The Morgan fingerprint density at radius 2 is 0.952 bits per heavy atom. The Kier molecular flexibility index (Phi) is 8.35. The molecule has 0 bridgehead atoms. The Morgan fingerprint density at radius 3 is 1.61 bits per heavy atom. The van der Waals surface area contributed by atoms with Crippen LogP contribution in [0.1, 0.15) is 0 Å². The maximum atomic E-state index is 6.18. The molecule has 292 valence electrons. The molecule has 0 aliphatic carbocycles. The second-order valence-corrected chi connectivity index (χ2v) is 15.3. The number of para-hydroxylation sites is 2. The first-order valence-corrected chi connectivity index (χ1v) is 20.7. The van der Waals surface area contributed by atoms with Crippen LogP contribution >= 0.6 is 0 Å². The molecule has 0 N–H and O–H groups in total. The monoisotopic (exact) mass is 796 g/mol. The zero-order valence-corrected chi connectivity index (χ0v) is 33.4. The molecule has 8 aromatic carbocycles. The largest absolute Gasteiger partial charge is 0.456 e. The van der Waals surface area contributed by atoms with Gasteiger partial charge in [-0.3, -0.25) is 14.4 Å². The average molecular weight is 797 g/mol. The molecule has 4 heterocycles. The number of furan rings is 1. The van der Waals surface area contributed by atoms with Gasteiger partial charge in [0.1, 0.15) is 28.6 Å². The normalized spacial score (nSPS) is 11.5.